The number of alkyl halides is 3. The Morgan fingerprint density at radius 1 is 1.09 bits per heavy atom. The molecule has 1 aromatic carbocycles. The monoisotopic (exact) mass is 320 g/mol. The lowest BCUT2D eigenvalue weighted by Crippen LogP contribution is -2.26. The van der Waals surface area contributed by atoms with Crippen LogP contribution in [-0.2, 0) is 4.74 Å². The van der Waals surface area contributed by atoms with Gasteiger partial charge in [0, 0.05) is 13.0 Å². The molecule has 0 spiro atoms. The average Bonchev–Trinajstić information content (AvgIpc) is 2.43. The summed E-state index contributed by atoms with van der Waals surface area (Å²) in [4.78, 5) is 0. The first kappa shape index (κ1) is 18.6. The van der Waals surface area contributed by atoms with Crippen LogP contribution in [0.4, 0.5) is 13.2 Å². The van der Waals surface area contributed by atoms with Crippen LogP contribution in [-0.4, -0.2) is 19.8 Å². The fraction of sp³-hybridized carbons (Fsp3) is 0.625. The van der Waals surface area contributed by atoms with Crippen LogP contribution in [0.25, 0.3) is 0 Å². The van der Waals surface area contributed by atoms with Gasteiger partial charge < -0.3 is 14.2 Å². The summed E-state index contributed by atoms with van der Waals surface area (Å²) in [5, 5.41) is 0. The summed E-state index contributed by atoms with van der Waals surface area (Å²) in [6.45, 7) is 7.73. The van der Waals surface area contributed by atoms with E-state index >= 15 is 0 Å². The molecule has 22 heavy (non-hydrogen) atoms. The lowest BCUT2D eigenvalue weighted by molar-refractivity contribution is -0.275. The van der Waals surface area contributed by atoms with Crippen molar-refractivity contribution in [1.29, 1.82) is 0 Å². The van der Waals surface area contributed by atoms with Gasteiger partial charge >= 0.3 is 6.36 Å². The van der Waals surface area contributed by atoms with E-state index in [0.717, 1.165) is 12.0 Å². The number of methoxy groups -OCH3 is 1. The number of ether oxygens (including phenoxy) is 3. The molecule has 0 aliphatic rings. The van der Waals surface area contributed by atoms with Crippen LogP contribution in [0, 0.1) is 5.92 Å². The van der Waals surface area contributed by atoms with E-state index in [1.165, 1.54) is 13.2 Å². The highest BCUT2D eigenvalue weighted by Crippen LogP contribution is 2.36. The van der Waals surface area contributed by atoms with Gasteiger partial charge in [-0.25, -0.2) is 0 Å². The first-order valence-corrected chi connectivity index (χ1v) is 7.27. The Kier molecular flexibility index (Phi) is 6.53. The van der Waals surface area contributed by atoms with Gasteiger partial charge in [0.2, 0.25) is 6.29 Å². The van der Waals surface area contributed by atoms with Gasteiger partial charge in [0.1, 0.15) is 0 Å². The van der Waals surface area contributed by atoms with Crippen LogP contribution < -0.4 is 9.47 Å². The van der Waals surface area contributed by atoms with Crippen LogP contribution >= 0.6 is 0 Å². The summed E-state index contributed by atoms with van der Waals surface area (Å²) in [6.07, 6.45) is -4.55. The standard InChI is InChI=1S/C16H23F3O3/c1-6-11(4)12-7-8-13(22-16(17,18)19)14(9-12)21-15(20-5)10(2)3/h7-11,15H,6H2,1-5H3. The maximum atomic E-state index is 12.5. The summed E-state index contributed by atoms with van der Waals surface area (Å²) < 4.78 is 52.4. The molecule has 0 amide bonds. The molecule has 0 saturated carbocycles. The Balaban J connectivity index is 3.15. The lowest BCUT2D eigenvalue weighted by Gasteiger charge is -2.23. The normalized spacial score (nSPS) is 14.8. The van der Waals surface area contributed by atoms with Crippen molar-refractivity contribution in [2.75, 3.05) is 7.11 Å². The molecule has 0 aliphatic carbocycles. The van der Waals surface area contributed by atoms with Crippen molar-refractivity contribution in [3.8, 4) is 11.5 Å². The second kappa shape index (κ2) is 7.72. The highest BCUT2D eigenvalue weighted by Gasteiger charge is 2.33. The van der Waals surface area contributed by atoms with E-state index in [2.05, 4.69) is 4.74 Å². The number of hydrogen-bond donors (Lipinski definition) is 0. The quantitative estimate of drug-likeness (QED) is 0.654. The van der Waals surface area contributed by atoms with Crippen LogP contribution in [0.3, 0.4) is 0 Å². The fourth-order valence-corrected chi connectivity index (χ4v) is 1.95. The van der Waals surface area contributed by atoms with Gasteiger partial charge in [0.05, 0.1) is 0 Å². The highest BCUT2D eigenvalue weighted by molar-refractivity contribution is 5.44. The predicted octanol–water partition coefficient (Wildman–Crippen LogP) is 5.11. The van der Waals surface area contributed by atoms with Crippen molar-refractivity contribution in [2.24, 2.45) is 5.92 Å². The first-order valence-electron chi connectivity index (χ1n) is 7.27. The second-order valence-electron chi connectivity index (χ2n) is 5.53. The maximum Gasteiger partial charge on any atom is 0.573 e. The van der Waals surface area contributed by atoms with Crippen LogP contribution in [0.5, 0.6) is 11.5 Å². The smallest absolute Gasteiger partial charge is 0.461 e. The van der Waals surface area contributed by atoms with Gasteiger partial charge in [-0.05, 0) is 30.0 Å². The zero-order valence-corrected chi connectivity index (χ0v) is 13.5. The number of benzene rings is 1. The molecular weight excluding hydrogens is 297 g/mol. The molecule has 2 atom stereocenters. The molecule has 0 aromatic heterocycles. The van der Waals surface area contributed by atoms with Crippen molar-refractivity contribution in [2.45, 2.75) is 52.7 Å². The molecule has 0 N–H and O–H groups in total. The predicted molar refractivity (Wildman–Crippen MR) is 78.1 cm³/mol. The lowest BCUT2D eigenvalue weighted by atomic mass is 9.98. The summed E-state index contributed by atoms with van der Waals surface area (Å²) >= 11 is 0. The number of hydrogen-bond acceptors (Lipinski definition) is 3. The van der Waals surface area contributed by atoms with Crippen molar-refractivity contribution < 1.29 is 27.4 Å². The van der Waals surface area contributed by atoms with Crippen LogP contribution in [0.1, 0.15) is 45.6 Å². The fourth-order valence-electron chi connectivity index (χ4n) is 1.95. The molecule has 126 valence electrons. The maximum absolute atomic E-state index is 12.5. The minimum Gasteiger partial charge on any atom is -0.461 e. The molecule has 0 bridgehead atoms. The largest absolute Gasteiger partial charge is 0.573 e. The summed E-state index contributed by atoms with van der Waals surface area (Å²) in [5.74, 6) is -0.128. The molecule has 2 unspecified atom stereocenters. The van der Waals surface area contributed by atoms with Crippen LogP contribution in [0.15, 0.2) is 18.2 Å². The first-order chi connectivity index (χ1) is 10.2. The van der Waals surface area contributed by atoms with Gasteiger partial charge in [-0.15, -0.1) is 13.2 Å². The molecule has 6 heteroatoms. The van der Waals surface area contributed by atoms with E-state index in [9.17, 15) is 13.2 Å². The molecule has 0 radical (unpaired) electrons. The van der Waals surface area contributed by atoms with Crippen molar-refractivity contribution in [1.82, 2.24) is 0 Å². The zero-order valence-electron chi connectivity index (χ0n) is 13.5. The van der Waals surface area contributed by atoms with Crippen molar-refractivity contribution in [3.05, 3.63) is 23.8 Å². The Morgan fingerprint density at radius 3 is 2.18 bits per heavy atom. The molecule has 1 aromatic rings. The Bertz CT molecular complexity index is 472. The number of halogens is 3. The van der Waals surface area contributed by atoms with E-state index in [1.807, 2.05) is 27.7 Å². The number of rotatable bonds is 7. The minimum absolute atomic E-state index is 0.0176. The molecule has 1 rings (SSSR count). The molecule has 0 saturated heterocycles. The SMILES string of the molecule is CCC(C)c1ccc(OC(F)(F)F)c(OC(OC)C(C)C)c1. The van der Waals surface area contributed by atoms with E-state index in [4.69, 9.17) is 9.47 Å². The second-order valence-corrected chi connectivity index (χ2v) is 5.53. The highest BCUT2D eigenvalue weighted by atomic mass is 19.4. The molecule has 0 aliphatic heterocycles. The summed E-state index contributed by atoms with van der Waals surface area (Å²) in [7, 11) is 1.45. The van der Waals surface area contributed by atoms with Gasteiger partial charge in [-0.3, -0.25) is 0 Å². The summed E-state index contributed by atoms with van der Waals surface area (Å²) in [6, 6.07) is 4.50. The van der Waals surface area contributed by atoms with Gasteiger partial charge in [-0.2, -0.15) is 0 Å². The van der Waals surface area contributed by atoms with Crippen molar-refractivity contribution >= 4 is 0 Å². The van der Waals surface area contributed by atoms with Gasteiger partial charge in [-0.1, -0.05) is 33.8 Å². The third kappa shape index (κ3) is 5.40. The molecule has 3 nitrogen and oxygen atoms in total. The Morgan fingerprint density at radius 2 is 1.73 bits per heavy atom. The molecular formula is C16H23F3O3. The van der Waals surface area contributed by atoms with Gasteiger partial charge in [0.15, 0.2) is 11.5 Å². The molecule has 0 fully saturated rings. The van der Waals surface area contributed by atoms with Crippen LogP contribution in [0.2, 0.25) is 0 Å². The average molecular weight is 320 g/mol. The minimum atomic E-state index is -4.77. The van der Waals surface area contributed by atoms with Gasteiger partial charge in [0.25, 0.3) is 0 Å². The van der Waals surface area contributed by atoms with Crippen molar-refractivity contribution in [3.63, 3.8) is 0 Å². The third-order valence-corrected chi connectivity index (χ3v) is 3.39. The van der Waals surface area contributed by atoms with E-state index in [1.54, 1.807) is 12.1 Å². The topological polar surface area (TPSA) is 27.7 Å². The van der Waals surface area contributed by atoms with E-state index in [-0.39, 0.29) is 23.3 Å². The Hall–Kier alpha value is -1.43. The summed E-state index contributed by atoms with van der Waals surface area (Å²) in [5.41, 5.74) is 0.894. The Labute approximate surface area is 129 Å². The third-order valence-electron chi connectivity index (χ3n) is 3.39. The van der Waals surface area contributed by atoms with E-state index in [0.29, 0.717) is 0 Å². The zero-order chi connectivity index (χ0) is 16.9. The molecule has 0 heterocycles. The van der Waals surface area contributed by atoms with E-state index < -0.39 is 12.7 Å².